The van der Waals surface area contributed by atoms with Gasteiger partial charge in [-0.1, -0.05) is 28.1 Å². The Labute approximate surface area is 128 Å². The van der Waals surface area contributed by atoms with Crippen LogP contribution in [0.15, 0.2) is 34.8 Å². The predicted octanol–water partition coefficient (Wildman–Crippen LogP) is 4.56. The fourth-order valence-electron chi connectivity index (χ4n) is 1.84. The van der Waals surface area contributed by atoms with E-state index >= 15 is 0 Å². The number of rotatable bonds is 4. The minimum absolute atomic E-state index is 0.127. The minimum atomic E-state index is -1.26. The van der Waals surface area contributed by atoms with E-state index in [9.17, 15) is 18.9 Å². The van der Waals surface area contributed by atoms with E-state index in [0.717, 1.165) is 27.7 Å². The van der Waals surface area contributed by atoms with Crippen molar-refractivity contribution in [3.8, 4) is 0 Å². The molecule has 0 aliphatic carbocycles. The van der Waals surface area contributed by atoms with Crippen LogP contribution in [-0.2, 0) is 6.54 Å². The normalized spacial score (nSPS) is 10.5. The minimum Gasteiger partial charge on any atom is -0.373 e. The average molecular weight is 357 g/mol. The van der Waals surface area contributed by atoms with Crippen LogP contribution in [0.2, 0.25) is 0 Å². The Bertz CT molecular complexity index is 708. The van der Waals surface area contributed by atoms with Crippen molar-refractivity contribution >= 4 is 27.3 Å². The van der Waals surface area contributed by atoms with Gasteiger partial charge in [0, 0.05) is 17.1 Å². The van der Waals surface area contributed by atoms with E-state index in [2.05, 4.69) is 21.2 Å². The summed E-state index contributed by atoms with van der Waals surface area (Å²) >= 11 is 3.36. The lowest BCUT2D eigenvalue weighted by Crippen LogP contribution is -2.06. The molecule has 0 heterocycles. The summed E-state index contributed by atoms with van der Waals surface area (Å²) in [6, 6.07) is 7.20. The van der Waals surface area contributed by atoms with Gasteiger partial charge in [-0.25, -0.2) is 8.78 Å². The van der Waals surface area contributed by atoms with Crippen molar-refractivity contribution < 1.29 is 13.7 Å². The highest BCUT2D eigenvalue weighted by atomic mass is 79.9. The summed E-state index contributed by atoms with van der Waals surface area (Å²) in [4.78, 5) is 10.1. The molecule has 110 valence electrons. The van der Waals surface area contributed by atoms with Crippen LogP contribution in [0.3, 0.4) is 0 Å². The number of hydrogen-bond acceptors (Lipinski definition) is 3. The SMILES string of the molecule is Cc1ccc(CNc2c([N+](=O)[O-])ccc(F)c2F)c(Br)c1. The van der Waals surface area contributed by atoms with Gasteiger partial charge in [-0.2, -0.15) is 0 Å². The van der Waals surface area contributed by atoms with Gasteiger partial charge >= 0.3 is 0 Å². The Balaban J connectivity index is 2.31. The van der Waals surface area contributed by atoms with Crippen LogP contribution >= 0.6 is 15.9 Å². The second-order valence-corrected chi connectivity index (χ2v) is 5.32. The van der Waals surface area contributed by atoms with E-state index < -0.39 is 27.9 Å². The maximum Gasteiger partial charge on any atom is 0.295 e. The van der Waals surface area contributed by atoms with E-state index in [0.29, 0.717) is 0 Å². The van der Waals surface area contributed by atoms with Crippen molar-refractivity contribution in [2.24, 2.45) is 0 Å². The fourth-order valence-corrected chi connectivity index (χ4v) is 2.47. The molecule has 0 saturated heterocycles. The van der Waals surface area contributed by atoms with E-state index in [1.807, 2.05) is 19.1 Å². The van der Waals surface area contributed by atoms with Gasteiger partial charge in [0.1, 0.15) is 0 Å². The lowest BCUT2D eigenvalue weighted by Gasteiger charge is -2.10. The molecule has 0 unspecified atom stereocenters. The predicted molar refractivity (Wildman–Crippen MR) is 79.2 cm³/mol. The van der Waals surface area contributed by atoms with E-state index in [1.54, 1.807) is 6.07 Å². The Morgan fingerprint density at radius 3 is 2.62 bits per heavy atom. The second-order valence-electron chi connectivity index (χ2n) is 4.46. The number of nitrogens with zero attached hydrogens (tertiary/aromatic N) is 1. The lowest BCUT2D eigenvalue weighted by molar-refractivity contribution is -0.384. The summed E-state index contributed by atoms with van der Waals surface area (Å²) in [7, 11) is 0. The van der Waals surface area contributed by atoms with Crippen LogP contribution < -0.4 is 5.32 Å². The van der Waals surface area contributed by atoms with E-state index in [-0.39, 0.29) is 6.54 Å². The molecule has 0 aliphatic rings. The first-order valence-electron chi connectivity index (χ1n) is 6.01. The molecular weight excluding hydrogens is 346 g/mol. The molecule has 0 radical (unpaired) electrons. The largest absolute Gasteiger partial charge is 0.373 e. The molecule has 7 heteroatoms. The zero-order valence-corrected chi connectivity index (χ0v) is 12.6. The van der Waals surface area contributed by atoms with Crippen LogP contribution in [0.4, 0.5) is 20.2 Å². The summed E-state index contributed by atoms with van der Waals surface area (Å²) in [6.07, 6.45) is 0. The monoisotopic (exact) mass is 356 g/mol. The molecule has 0 atom stereocenters. The molecular formula is C14H11BrF2N2O2. The highest BCUT2D eigenvalue weighted by Crippen LogP contribution is 2.30. The highest BCUT2D eigenvalue weighted by Gasteiger charge is 2.21. The average Bonchev–Trinajstić information content (AvgIpc) is 2.41. The van der Waals surface area contributed by atoms with Crippen LogP contribution in [0.1, 0.15) is 11.1 Å². The van der Waals surface area contributed by atoms with Gasteiger partial charge < -0.3 is 5.32 Å². The Morgan fingerprint density at radius 2 is 2.00 bits per heavy atom. The van der Waals surface area contributed by atoms with Crippen molar-refractivity contribution in [2.45, 2.75) is 13.5 Å². The molecule has 21 heavy (non-hydrogen) atoms. The van der Waals surface area contributed by atoms with Crippen molar-refractivity contribution in [3.05, 3.63) is 67.7 Å². The number of nitro groups is 1. The zero-order valence-electron chi connectivity index (χ0n) is 11.0. The molecule has 0 bridgehead atoms. The third-order valence-electron chi connectivity index (χ3n) is 2.93. The number of benzene rings is 2. The number of halogens is 3. The molecule has 2 rings (SSSR count). The molecule has 0 aliphatic heterocycles. The van der Waals surface area contributed by atoms with Crippen LogP contribution in [0, 0.1) is 28.7 Å². The quantitative estimate of drug-likeness (QED) is 0.645. The molecule has 0 aromatic heterocycles. The number of anilines is 1. The van der Waals surface area contributed by atoms with Crippen molar-refractivity contribution in [1.82, 2.24) is 0 Å². The van der Waals surface area contributed by atoms with E-state index in [4.69, 9.17) is 0 Å². The first-order valence-corrected chi connectivity index (χ1v) is 6.80. The lowest BCUT2D eigenvalue weighted by atomic mass is 10.1. The van der Waals surface area contributed by atoms with Crippen molar-refractivity contribution in [2.75, 3.05) is 5.32 Å². The molecule has 0 fully saturated rings. The topological polar surface area (TPSA) is 55.2 Å². The van der Waals surface area contributed by atoms with Crippen LogP contribution in [-0.4, -0.2) is 4.92 Å². The van der Waals surface area contributed by atoms with Crippen molar-refractivity contribution in [1.29, 1.82) is 0 Å². The maximum atomic E-state index is 13.7. The molecule has 0 amide bonds. The van der Waals surface area contributed by atoms with Gasteiger partial charge in [0.05, 0.1) is 4.92 Å². The zero-order chi connectivity index (χ0) is 15.6. The Kier molecular flexibility index (Phi) is 4.52. The number of nitro benzene ring substituents is 1. The third kappa shape index (κ3) is 3.36. The molecule has 4 nitrogen and oxygen atoms in total. The molecule has 0 spiro atoms. The third-order valence-corrected chi connectivity index (χ3v) is 3.67. The summed E-state index contributed by atoms with van der Waals surface area (Å²) in [5, 5.41) is 13.5. The summed E-state index contributed by atoms with van der Waals surface area (Å²) in [5.41, 5.74) is 0.858. The van der Waals surface area contributed by atoms with Gasteiger partial charge in [-0.05, 0) is 30.2 Å². The Hall–Kier alpha value is -2.02. The van der Waals surface area contributed by atoms with Crippen molar-refractivity contribution in [3.63, 3.8) is 0 Å². The van der Waals surface area contributed by atoms with Crippen LogP contribution in [0.5, 0.6) is 0 Å². The van der Waals surface area contributed by atoms with Gasteiger partial charge in [0.15, 0.2) is 17.3 Å². The van der Waals surface area contributed by atoms with Gasteiger partial charge in [-0.3, -0.25) is 10.1 Å². The number of aryl methyl sites for hydroxylation is 1. The van der Waals surface area contributed by atoms with E-state index in [1.165, 1.54) is 0 Å². The molecule has 2 aromatic carbocycles. The van der Waals surface area contributed by atoms with Gasteiger partial charge in [0.2, 0.25) is 0 Å². The Morgan fingerprint density at radius 1 is 1.29 bits per heavy atom. The summed E-state index contributed by atoms with van der Waals surface area (Å²) in [6.45, 7) is 2.04. The number of nitrogens with one attached hydrogen (secondary N) is 1. The molecule has 1 N–H and O–H groups in total. The second kappa shape index (κ2) is 6.17. The maximum absolute atomic E-state index is 13.7. The molecule has 0 saturated carbocycles. The van der Waals surface area contributed by atoms with Gasteiger partial charge in [-0.15, -0.1) is 0 Å². The number of hydrogen-bond donors (Lipinski definition) is 1. The summed E-state index contributed by atoms with van der Waals surface area (Å²) in [5.74, 6) is -2.39. The van der Waals surface area contributed by atoms with Gasteiger partial charge in [0.25, 0.3) is 5.69 Å². The first kappa shape index (κ1) is 15.4. The first-order chi connectivity index (χ1) is 9.90. The fraction of sp³-hybridized carbons (Fsp3) is 0.143. The van der Waals surface area contributed by atoms with Crippen LogP contribution in [0.25, 0.3) is 0 Å². The molecule has 2 aromatic rings. The smallest absolute Gasteiger partial charge is 0.295 e. The summed E-state index contributed by atoms with van der Waals surface area (Å²) < 4.78 is 27.8. The highest BCUT2D eigenvalue weighted by molar-refractivity contribution is 9.10. The standard InChI is InChI=1S/C14H11BrF2N2O2/c1-8-2-3-9(10(15)6-8)7-18-14-12(19(20)21)5-4-11(16)13(14)17/h2-6,18H,7H2,1H3.